The van der Waals surface area contributed by atoms with Crippen LogP contribution < -0.4 is 14.8 Å². The second kappa shape index (κ2) is 9.30. The van der Waals surface area contributed by atoms with Gasteiger partial charge in [0.25, 0.3) is 0 Å². The third-order valence-electron chi connectivity index (χ3n) is 5.77. The molecule has 3 atom stereocenters. The SMILES string of the molecule is COc1ccc(CN2C[C@H]3CC[C@@H](C2)O3)cc1OCC(O)CN1CCNC(=O)C1. The van der Waals surface area contributed by atoms with Gasteiger partial charge in [-0.25, -0.2) is 0 Å². The predicted octanol–water partition coefficient (Wildman–Crippen LogP) is 0.230. The lowest BCUT2D eigenvalue weighted by Gasteiger charge is -2.32. The molecule has 3 saturated heterocycles. The Morgan fingerprint density at radius 1 is 1.24 bits per heavy atom. The normalized spacial score (nSPS) is 26.2. The van der Waals surface area contributed by atoms with Crippen LogP contribution in [0, 0.1) is 0 Å². The molecule has 8 nitrogen and oxygen atoms in total. The first-order valence-electron chi connectivity index (χ1n) is 10.4. The van der Waals surface area contributed by atoms with E-state index < -0.39 is 6.10 Å². The van der Waals surface area contributed by atoms with Crippen molar-refractivity contribution in [1.29, 1.82) is 0 Å². The monoisotopic (exact) mass is 405 g/mol. The first kappa shape index (κ1) is 20.4. The summed E-state index contributed by atoms with van der Waals surface area (Å²) in [6.45, 7) is 5.03. The van der Waals surface area contributed by atoms with E-state index in [4.69, 9.17) is 14.2 Å². The number of methoxy groups -OCH3 is 1. The van der Waals surface area contributed by atoms with Crippen molar-refractivity contribution in [2.75, 3.05) is 53.0 Å². The van der Waals surface area contributed by atoms with E-state index in [2.05, 4.69) is 16.3 Å². The molecule has 160 valence electrons. The molecule has 3 heterocycles. The lowest BCUT2D eigenvalue weighted by Crippen LogP contribution is -2.50. The highest BCUT2D eigenvalue weighted by molar-refractivity contribution is 5.78. The fourth-order valence-electron chi connectivity index (χ4n) is 4.40. The number of aliphatic hydroxyl groups is 1. The maximum atomic E-state index is 11.5. The van der Waals surface area contributed by atoms with Crippen LogP contribution in [0.5, 0.6) is 11.5 Å². The number of carbonyl (C=O) groups excluding carboxylic acids is 1. The number of piperazine rings is 1. The maximum absolute atomic E-state index is 11.5. The second-order valence-corrected chi connectivity index (χ2v) is 8.19. The number of rotatable bonds is 8. The van der Waals surface area contributed by atoms with Crippen LogP contribution in [0.1, 0.15) is 18.4 Å². The van der Waals surface area contributed by atoms with Crippen LogP contribution in [-0.2, 0) is 16.1 Å². The zero-order valence-electron chi connectivity index (χ0n) is 17.0. The number of aliphatic hydroxyl groups excluding tert-OH is 1. The number of fused-ring (bicyclic) bond motifs is 2. The third kappa shape index (κ3) is 5.39. The number of nitrogens with one attached hydrogen (secondary N) is 1. The molecule has 29 heavy (non-hydrogen) atoms. The Kier molecular flexibility index (Phi) is 6.54. The van der Waals surface area contributed by atoms with Gasteiger partial charge < -0.3 is 24.6 Å². The van der Waals surface area contributed by atoms with Crippen molar-refractivity contribution in [2.45, 2.75) is 37.7 Å². The summed E-state index contributed by atoms with van der Waals surface area (Å²) in [6.07, 6.45) is 2.39. The largest absolute Gasteiger partial charge is 0.493 e. The molecule has 0 aliphatic carbocycles. The second-order valence-electron chi connectivity index (χ2n) is 8.19. The van der Waals surface area contributed by atoms with Gasteiger partial charge in [-0.3, -0.25) is 14.6 Å². The van der Waals surface area contributed by atoms with E-state index >= 15 is 0 Å². The van der Waals surface area contributed by atoms with Gasteiger partial charge >= 0.3 is 0 Å². The van der Waals surface area contributed by atoms with Gasteiger partial charge in [-0.15, -0.1) is 0 Å². The van der Waals surface area contributed by atoms with E-state index in [1.54, 1.807) is 7.11 Å². The van der Waals surface area contributed by atoms with Crippen molar-refractivity contribution < 1.29 is 24.1 Å². The Labute approximate surface area is 171 Å². The Morgan fingerprint density at radius 3 is 2.76 bits per heavy atom. The molecule has 4 rings (SSSR count). The fraction of sp³-hybridized carbons (Fsp3) is 0.667. The molecule has 2 N–H and O–H groups in total. The number of carbonyl (C=O) groups is 1. The summed E-state index contributed by atoms with van der Waals surface area (Å²) in [5, 5.41) is 13.1. The van der Waals surface area contributed by atoms with Gasteiger partial charge in [-0.1, -0.05) is 6.07 Å². The highest BCUT2D eigenvalue weighted by Gasteiger charge is 2.33. The molecule has 0 saturated carbocycles. The molecule has 2 bridgehead atoms. The number of amides is 1. The van der Waals surface area contributed by atoms with Gasteiger partial charge in [0.1, 0.15) is 12.7 Å². The number of ether oxygens (including phenoxy) is 3. The van der Waals surface area contributed by atoms with E-state index in [0.717, 1.165) is 44.6 Å². The smallest absolute Gasteiger partial charge is 0.234 e. The molecule has 0 aromatic heterocycles. The van der Waals surface area contributed by atoms with E-state index in [9.17, 15) is 9.90 Å². The van der Waals surface area contributed by atoms with Gasteiger partial charge in [0.05, 0.1) is 25.9 Å². The number of hydrogen-bond acceptors (Lipinski definition) is 7. The van der Waals surface area contributed by atoms with Crippen molar-refractivity contribution in [3.05, 3.63) is 23.8 Å². The van der Waals surface area contributed by atoms with Crippen LogP contribution in [-0.4, -0.2) is 92.1 Å². The zero-order valence-corrected chi connectivity index (χ0v) is 17.0. The lowest BCUT2D eigenvalue weighted by atomic mass is 10.1. The van der Waals surface area contributed by atoms with Gasteiger partial charge in [0, 0.05) is 39.3 Å². The average molecular weight is 405 g/mol. The number of likely N-dealkylation sites (tertiary alicyclic amines) is 1. The first-order valence-corrected chi connectivity index (χ1v) is 10.4. The average Bonchev–Trinajstić information content (AvgIpc) is 3.04. The van der Waals surface area contributed by atoms with E-state index in [-0.39, 0.29) is 12.5 Å². The summed E-state index contributed by atoms with van der Waals surface area (Å²) in [5.74, 6) is 1.28. The molecule has 1 aromatic rings. The minimum Gasteiger partial charge on any atom is -0.493 e. The van der Waals surface area contributed by atoms with E-state index in [1.807, 2.05) is 17.0 Å². The van der Waals surface area contributed by atoms with Crippen LogP contribution in [0.4, 0.5) is 0 Å². The van der Waals surface area contributed by atoms with Crippen LogP contribution in [0.15, 0.2) is 18.2 Å². The number of nitrogens with zero attached hydrogens (tertiary/aromatic N) is 2. The molecular formula is C21H31N3O5. The fourth-order valence-corrected chi connectivity index (χ4v) is 4.40. The van der Waals surface area contributed by atoms with Gasteiger partial charge in [0.15, 0.2) is 11.5 Å². The summed E-state index contributed by atoms with van der Waals surface area (Å²) >= 11 is 0. The van der Waals surface area contributed by atoms with Crippen LogP contribution >= 0.6 is 0 Å². The standard InChI is InChI=1S/C21H31N3O5/c1-27-19-5-2-15(9-24-11-17-3-4-18(12-24)29-17)8-20(19)28-14-16(25)10-23-7-6-22-21(26)13-23/h2,5,8,16-18,25H,3-4,6-7,9-14H2,1H3,(H,22,26)/t16?,17-,18+. The molecule has 1 aromatic carbocycles. The maximum Gasteiger partial charge on any atom is 0.234 e. The van der Waals surface area contributed by atoms with Gasteiger partial charge in [-0.05, 0) is 30.5 Å². The first-order chi connectivity index (χ1) is 14.1. The Morgan fingerprint density at radius 2 is 2.03 bits per heavy atom. The molecule has 3 aliphatic rings. The van der Waals surface area contributed by atoms with Gasteiger partial charge in [-0.2, -0.15) is 0 Å². The quantitative estimate of drug-likeness (QED) is 0.641. The van der Waals surface area contributed by atoms with Crippen molar-refractivity contribution >= 4 is 5.91 Å². The third-order valence-corrected chi connectivity index (χ3v) is 5.77. The highest BCUT2D eigenvalue weighted by atomic mass is 16.5. The number of benzene rings is 1. The van der Waals surface area contributed by atoms with E-state index in [1.165, 1.54) is 0 Å². The van der Waals surface area contributed by atoms with Crippen LogP contribution in [0.3, 0.4) is 0 Å². The van der Waals surface area contributed by atoms with Crippen LogP contribution in [0.2, 0.25) is 0 Å². The van der Waals surface area contributed by atoms with Crippen molar-refractivity contribution in [3.63, 3.8) is 0 Å². The molecular weight excluding hydrogens is 374 g/mol. The molecule has 3 aliphatic heterocycles. The summed E-state index contributed by atoms with van der Waals surface area (Å²) < 4.78 is 17.2. The van der Waals surface area contributed by atoms with Crippen molar-refractivity contribution in [1.82, 2.24) is 15.1 Å². The number of β-amino-alcohol motifs (C(OH)–C–C–N with tert-alkyl or cyclic N) is 1. The van der Waals surface area contributed by atoms with E-state index in [0.29, 0.717) is 43.3 Å². The molecule has 3 fully saturated rings. The number of hydrogen-bond donors (Lipinski definition) is 2. The molecule has 8 heteroatoms. The lowest BCUT2D eigenvalue weighted by molar-refractivity contribution is -0.124. The molecule has 1 amide bonds. The predicted molar refractivity (Wildman–Crippen MR) is 107 cm³/mol. The number of morpholine rings is 1. The topological polar surface area (TPSA) is 83.5 Å². The summed E-state index contributed by atoms with van der Waals surface area (Å²) in [4.78, 5) is 15.8. The highest BCUT2D eigenvalue weighted by Crippen LogP contribution is 2.31. The molecule has 0 radical (unpaired) electrons. The summed E-state index contributed by atoms with van der Waals surface area (Å²) in [6, 6.07) is 5.98. The minimum absolute atomic E-state index is 0.00436. The summed E-state index contributed by atoms with van der Waals surface area (Å²) in [5.41, 5.74) is 1.16. The molecule has 0 spiro atoms. The van der Waals surface area contributed by atoms with Gasteiger partial charge in [0.2, 0.25) is 5.91 Å². The van der Waals surface area contributed by atoms with Crippen molar-refractivity contribution in [3.8, 4) is 11.5 Å². The zero-order chi connectivity index (χ0) is 20.2. The Hall–Kier alpha value is -1.87. The van der Waals surface area contributed by atoms with Crippen LogP contribution in [0.25, 0.3) is 0 Å². The minimum atomic E-state index is -0.677. The Bertz CT molecular complexity index is 704. The Balaban J connectivity index is 1.32. The van der Waals surface area contributed by atoms with Crippen molar-refractivity contribution in [2.24, 2.45) is 0 Å². The summed E-state index contributed by atoms with van der Waals surface area (Å²) in [7, 11) is 1.62. The molecule has 1 unspecified atom stereocenters.